The summed E-state index contributed by atoms with van der Waals surface area (Å²) >= 11 is 0. The summed E-state index contributed by atoms with van der Waals surface area (Å²) in [6.45, 7) is 1.05. The number of rotatable bonds is 5. The van der Waals surface area contributed by atoms with Gasteiger partial charge in [-0.2, -0.15) is 0 Å². The Hall–Kier alpha value is -4.13. The number of benzene rings is 2. The molecule has 1 aliphatic heterocycles. The molecule has 12 heteroatoms. The molecule has 0 aliphatic carbocycles. The maximum absolute atomic E-state index is 12.8. The number of phenols is 2. The van der Waals surface area contributed by atoms with Crippen molar-refractivity contribution in [2.24, 2.45) is 0 Å². The quantitative estimate of drug-likeness (QED) is 0.312. The zero-order chi connectivity index (χ0) is 26.3. The molecule has 190 valence electrons. The van der Waals surface area contributed by atoms with Gasteiger partial charge in [0.05, 0.1) is 7.11 Å². The number of phenolic OH excluding ortho intramolecular Hbond substituents is 2. The summed E-state index contributed by atoms with van der Waals surface area (Å²) in [6.07, 6.45) is -8.63. The molecule has 3 aromatic rings. The number of aliphatic carboxylic acids is 1. The molecule has 1 fully saturated rings. The number of carboxylic acid groups (broad SMARTS) is 1. The first-order chi connectivity index (χ1) is 17.0. The van der Waals surface area contributed by atoms with Crippen molar-refractivity contribution in [3.8, 4) is 28.6 Å². The molecule has 0 spiro atoms. The molecule has 2 heterocycles. The second kappa shape index (κ2) is 9.49. The third-order valence-corrected chi connectivity index (χ3v) is 5.76. The lowest BCUT2D eigenvalue weighted by Crippen LogP contribution is -2.57. The molecule has 2 aromatic carbocycles. The van der Waals surface area contributed by atoms with E-state index >= 15 is 0 Å². The molecule has 12 nitrogen and oxygen atoms in total. The number of esters is 1. The van der Waals surface area contributed by atoms with Crippen molar-refractivity contribution in [2.75, 3.05) is 7.11 Å². The number of hydrogen-bond acceptors (Lipinski definition) is 11. The van der Waals surface area contributed by atoms with Gasteiger partial charge in [0.2, 0.25) is 0 Å². The highest BCUT2D eigenvalue weighted by Gasteiger charge is 2.50. The van der Waals surface area contributed by atoms with E-state index in [-0.39, 0.29) is 33.8 Å². The van der Waals surface area contributed by atoms with Crippen LogP contribution in [-0.2, 0) is 19.1 Å². The van der Waals surface area contributed by atoms with Gasteiger partial charge in [0, 0.05) is 18.6 Å². The van der Waals surface area contributed by atoms with Crippen molar-refractivity contribution in [1.29, 1.82) is 0 Å². The van der Waals surface area contributed by atoms with E-state index < -0.39 is 53.6 Å². The van der Waals surface area contributed by atoms with Gasteiger partial charge < -0.3 is 44.2 Å². The molecule has 1 aliphatic rings. The summed E-state index contributed by atoms with van der Waals surface area (Å²) in [5, 5.41) is 50.5. The summed E-state index contributed by atoms with van der Waals surface area (Å²) in [6, 6.07) is 7.76. The topological polar surface area (TPSA) is 193 Å². The molecule has 0 saturated carbocycles. The molecule has 36 heavy (non-hydrogen) atoms. The van der Waals surface area contributed by atoms with E-state index in [0.717, 1.165) is 19.1 Å². The largest absolute Gasteiger partial charge is 0.507 e. The minimum Gasteiger partial charge on any atom is -0.507 e. The highest BCUT2D eigenvalue weighted by Crippen LogP contribution is 2.39. The predicted octanol–water partition coefficient (Wildman–Crippen LogP) is 1.06. The first-order valence-electron chi connectivity index (χ1n) is 10.6. The Morgan fingerprint density at radius 2 is 1.72 bits per heavy atom. The van der Waals surface area contributed by atoms with Gasteiger partial charge in [0.15, 0.2) is 29.1 Å². The fraction of sp³-hybridized carbons (Fsp3) is 0.292. The van der Waals surface area contributed by atoms with Crippen LogP contribution in [0.4, 0.5) is 0 Å². The van der Waals surface area contributed by atoms with Crippen LogP contribution in [0.15, 0.2) is 45.6 Å². The molecule has 1 saturated heterocycles. The molecular weight excluding hydrogens is 480 g/mol. The number of aromatic hydroxyl groups is 2. The van der Waals surface area contributed by atoms with Crippen LogP contribution in [0.2, 0.25) is 0 Å². The number of hydrogen-bond donors (Lipinski definition) is 5. The minimum atomic E-state index is -1.91. The molecule has 0 unspecified atom stereocenters. The lowest BCUT2D eigenvalue weighted by Gasteiger charge is -2.40. The van der Waals surface area contributed by atoms with Gasteiger partial charge in [-0.25, -0.2) is 4.79 Å². The Labute approximate surface area is 202 Å². The van der Waals surface area contributed by atoms with Crippen molar-refractivity contribution in [1.82, 2.24) is 0 Å². The van der Waals surface area contributed by atoms with Crippen LogP contribution >= 0.6 is 0 Å². The number of ether oxygens (including phenoxy) is 3. The van der Waals surface area contributed by atoms with Crippen LogP contribution in [0, 0.1) is 0 Å². The van der Waals surface area contributed by atoms with Crippen molar-refractivity contribution in [2.45, 2.75) is 37.4 Å². The van der Waals surface area contributed by atoms with Gasteiger partial charge >= 0.3 is 11.9 Å². The maximum Gasteiger partial charge on any atom is 0.335 e. The van der Waals surface area contributed by atoms with E-state index in [1.165, 1.54) is 31.4 Å². The Bertz CT molecular complexity index is 1390. The van der Waals surface area contributed by atoms with Gasteiger partial charge in [-0.05, 0) is 35.9 Å². The predicted molar refractivity (Wildman–Crippen MR) is 121 cm³/mol. The number of aliphatic hydroxyl groups is 2. The van der Waals surface area contributed by atoms with E-state index in [0.29, 0.717) is 5.56 Å². The number of carboxylic acids is 1. The fourth-order valence-corrected chi connectivity index (χ4v) is 4.10. The second-order valence-electron chi connectivity index (χ2n) is 8.15. The summed E-state index contributed by atoms with van der Waals surface area (Å²) in [4.78, 5) is 36.0. The number of aliphatic hydroxyl groups excluding tert-OH is 2. The van der Waals surface area contributed by atoms with Crippen molar-refractivity contribution >= 4 is 22.9 Å². The standard InChI is InChI=1S/C24H22O12/c1-9(25)34-22-19(29)20(30)23(24(31)32)36-21(22)11-6-13(27)18-14(28)8-16(35-17(18)7-11)10-3-4-15(33-2)12(26)5-10/h3-8,19-23,26-27,29-30H,1-2H3,(H,31,32)/t19-,20-,21-,22+,23-/m0/s1. The summed E-state index contributed by atoms with van der Waals surface area (Å²) in [5.41, 5.74) is -0.444. The van der Waals surface area contributed by atoms with Gasteiger partial charge in [-0.3, -0.25) is 9.59 Å². The highest BCUT2D eigenvalue weighted by atomic mass is 16.6. The SMILES string of the molecule is COc1ccc(-c2cc(=O)c3c(O)cc([C@@H]4O[C@H](C(=O)O)[C@@H](O)[C@H](O)[C@H]4OC(C)=O)cc3o2)cc1O. The molecule has 1 aromatic heterocycles. The third-order valence-electron chi connectivity index (χ3n) is 5.76. The molecular formula is C24H22O12. The smallest absolute Gasteiger partial charge is 0.335 e. The molecule has 0 bridgehead atoms. The van der Waals surface area contributed by atoms with Gasteiger partial charge in [-0.1, -0.05) is 0 Å². The lowest BCUT2D eigenvalue weighted by atomic mass is 9.90. The molecule has 5 N–H and O–H groups in total. The van der Waals surface area contributed by atoms with Crippen LogP contribution < -0.4 is 10.2 Å². The first-order valence-corrected chi connectivity index (χ1v) is 10.6. The third kappa shape index (κ3) is 4.44. The average molecular weight is 502 g/mol. The Morgan fingerprint density at radius 1 is 1.00 bits per heavy atom. The van der Waals surface area contributed by atoms with Crippen molar-refractivity contribution in [3.05, 3.63) is 52.2 Å². The number of fused-ring (bicyclic) bond motifs is 1. The Balaban J connectivity index is 1.85. The second-order valence-corrected chi connectivity index (χ2v) is 8.15. The highest BCUT2D eigenvalue weighted by molar-refractivity contribution is 5.85. The van der Waals surface area contributed by atoms with Gasteiger partial charge in [-0.15, -0.1) is 0 Å². The first kappa shape index (κ1) is 25.0. The molecule has 5 atom stereocenters. The van der Waals surface area contributed by atoms with E-state index in [9.17, 15) is 39.9 Å². The van der Waals surface area contributed by atoms with E-state index in [2.05, 4.69) is 0 Å². The Kier molecular flexibility index (Phi) is 6.59. The van der Waals surface area contributed by atoms with Crippen LogP contribution in [0.25, 0.3) is 22.3 Å². The number of carbonyl (C=O) groups is 2. The summed E-state index contributed by atoms with van der Waals surface area (Å²) in [7, 11) is 1.37. The van der Waals surface area contributed by atoms with Crippen LogP contribution in [-0.4, -0.2) is 69.0 Å². The molecule has 0 radical (unpaired) electrons. The van der Waals surface area contributed by atoms with Gasteiger partial charge in [0.1, 0.15) is 40.8 Å². The van der Waals surface area contributed by atoms with E-state index in [4.69, 9.17) is 18.6 Å². The van der Waals surface area contributed by atoms with Crippen LogP contribution in [0.3, 0.4) is 0 Å². The molecule has 0 amide bonds. The zero-order valence-corrected chi connectivity index (χ0v) is 18.9. The summed E-state index contributed by atoms with van der Waals surface area (Å²) < 4.78 is 21.4. The number of methoxy groups -OCH3 is 1. The van der Waals surface area contributed by atoms with E-state index in [1.807, 2.05) is 0 Å². The van der Waals surface area contributed by atoms with E-state index in [1.54, 1.807) is 0 Å². The normalized spacial score (nSPS) is 23.8. The van der Waals surface area contributed by atoms with Crippen LogP contribution in [0.1, 0.15) is 18.6 Å². The van der Waals surface area contributed by atoms with Gasteiger partial charge in [0.25, 0.3) is 0 Å². The fourth-order valence-electron chi connectivity index (χ4n) is 4.10. The minimum absolute atomic E-state index is 0.00123. The molecule has 4 rings (SSSR count). The summed E-state index contributed by atoms with van der Waals surface area (Å²) in [5.74, 6) is -2.94. The Morgan fingerprint density at radius 3 is 2.33 bits per heavy atom. The zero-order valence-electron chi connectivity index (χ0n) is 18.9. The lowest BCUT2D eigenvalue weighted by molar-refractivity contribution is -0.237. The maximum atomic E-state index is 12.8. The number of carbonyl (C=O) groups excluding carboxylic acids is 1. The van der Waals surface area contributed by atoms with Crippen LogP contribution in [0.5, 0.6) is 17.2 Å². The average Bonchev–Trinajstić information content (AvgIpc) is 2.81. The monoisotopic (exact) mass is 502 g/mol. The van der Waals surface area contributed by atoms with Crippen molar-refractivity contribution in [3.63, 3.8) is 0 Å². The van der Waals surface area contributed by atoms with Crippen molar-refractivity contribution < 1.29 is 53.7 Å².